The van der Waals surface area contributed by atoms with Gasteiger partial charge in [0.05, 0.1) is 10.8 Å². The van der Waals surface area contributed by atoms with Crippen LogP contribution in [-0.2, 0) is 16.0 Å². The Kier molecular flexibility index (Phi) is 6.96. The lowest BCUT2D eigenvalue weighted by atomic mass is 9.97. The molecule has 11 nitrogen and oxygen atoms in total. The number of rotatable bonds is 9. The third kappa shape index (κ3) is 5.65. The summed E-state index contributed by atoms with van der Waals surface area (Å²) in [6.07, 6.45) is 3.27. The molecule has 0 aliphatic carbocycles. The van der Waals surface area contributed by atoms with Crippen molar-refractivity contribution in [1.82, 2.24) is 9.97 Å². The monoisotopic (exact) mass is 429 g/mol. The summed E-state index contributed by atoms with van der Waals surface area (Å²) in [6.45, 7) is 0.721. The maximum atomic E-state index is 11.8. The van der Waals surface area contributed by atoms with Crippen LogP contribution in [0.4, 0.5) is 23.0 Å². The summed E-state index contributed by atoms with van der Waals surface area (Å²) < 4.78 is 0. The maximum absolute atomic E-state index is 11.8. The number of benzene rings is 1. The molecule has 1 aliphatic heterocycles. The third-order valence-corrected chi connectivity index (χ3v) is 5.20. The molecule has 0 spiro atoms. The molecule has 2 heterocycles. The molecule has 1 aromatic heterocycles. The third-order valence-electron chi connectivity index (χ3n) is 5.20. The average molecular weight is 429 g/mol. The molecule has 0 bridgehead atoms. The van der Waals surface area contributed by atoms with E-state index in [-0.39, 0.29) is 23.7 Å². The minimum atomic E-state index is -0.856. The van der Waals surface area contributed by atoms with E-state index in [0.717, 1.165) is 5.56 Å². The number of nitro groups is 1. The van der Waals surface area contributed by atoms with Crippen molar-refractivity contribution in [3.05, 3.63) is 46.3 Å². The lowest BCUT2D eigenvalue weighted by molar-refractivity contribution is -0.383. The van der Waals surface area contributed by atoms with Gasteiger partial charge in [-0.25, -0.2) is 9.97 Å². The van der Waals surface area contributed by atoms with Gasteiger partial charge in [-0.05, 0) is 43.4 Å². The number of hydrogen-bond donors (Lipinski definition) is 3. The van der Waals surface area contributed by atoms with Crippen LogP contribution in [0.25, 0.3) is 0 Å². The number of anilines is 3. The van der Waals surface area contributed by atoms with Crippen LogP contribution in [0.3, 0.4) is 0 Å². The number of carboxylic acids is 2. The van der Waals surface area contributed by atoms with Crippen molar-refractivity contribution in [2.24, 2.45) is 5.92 Å². The summed E-state index contributed by atoms with van der Waals surface area (Å²) in [6, 6.07) is 7.16. The molecule has 3 rings (SSSR count). The Hall–Kier alpha value is -3.76. The van der Waals surface area contributed by atoms with E-state index in [0.29, 0.717) is 44.5 Å². The predicted molar refractivity (Wildman–Crippen MR) is 112 cm³/mol. The van der Waals surface area contributed by atoms with Crippen LogP contribution in [0.2, 0.25) is 0 Å². The highest BCUT2D eigenvalue weighted by Gasteiger charge is 2.31. The van der Waals surface area contributed by atoms with Gasteiger partial charge in [0.15, 0.2) is 0 Å². The van der Waals surface area contributed by atoms with Gasteiger partial charge in [-0.3, -0.25) is 19.7 Å². The molecule has 3 N–H and O–H groups in total. The molecule has 11 heteroatoms. The molecular weight excluding hydrogens is 406 g/mol. The van der Waals surface area contributed by atoms with E-state index >= 15 is 0 Å². The maximum Gasteiger partial charge on any atom is 0.353 e. The highest BCUT2D eigenvalue weighted by molar-refractivity contribution is 5.75. The SMILES string of the molecule is O=C(O)CCCc1ccc(Nc2ncnc(N3CCC(C(=O)O)CC3)c2[N+](=O)[O-])cc1. The fourth-order valence-electron chi connectivity index (χ4n) is 3.53. The first-order valence-corrected chi connectivity index (χ1v) is 9.90. The van der Waals surface area contributed by atoms with Crippen molar-refractivity contribution in [1.29, 1.82) is 0 Å². The van der Waals surface area contributed by atoms with Crippen molar-refractivity contribution < 1.29 is 24.7 Å². The molecule has 0 saturated carbocycles. The van der Waals surface area contributed by atoms with Crippen LogP contribution < -0.4 is 10.2 Å². The number of hydrogen-bond acceptors (Lipinski definition) is 8. The molecule has 0 amide bonds. The molecule has 2 aromatic rings. The van der Waals surface area contributed by atoms with Gasteiger partial charge in [-0.1, -0.05) is 12.1 Å². The highest BCUT2D eigenvalue weighted by Crippen LogP contribution is 2.35. The largest absolute Gasteiger partial charge is 0.481 e. The number of carbonyl (C=O) groups is 2. The molecule has 1 fully saturated rings. The number of carboxylic acid groups (broad SMARTS) is 2. The first-order chi connectivity index (χ1) is 14.8. The predicted octanol–water partition coefficient (Wildman–Crippen LogP) is 2.84. The lowest BCUT2D eigenvalue weighted by Gasteiger charge is -2.30. The Morgan fingerprint density at radius 2 is 1.84 bits per heavy atom. The van der Waals surface area contributed by atoms with Crippen molar-refractivity contribution in [2.45, 2.75) is 32.1 Å². The topological polar surface area (TPSA) is 159 Å². The zero-order chi connectivity index (χ0) is 22.4. The quantitative estimate of drug-likeness (QED) is 0.399. The summed E-state index contributed by atoms with van der Waals surface area (Å²) in [7, 11) is 0. The normalized spacial score (nSPS) is 14.3. The fraction of sp³-hybridized carbons (Fsp3) is 0.400. The van der Waals surface area contributed by atoms with Crippen LogP contribution in [-0.4, -0.2) is 50.1 Å². The molecular formula is C20H23N5O6. The van der Waals surface area contributed by atoms with Crippen molar-refractivity contribution >= 4 is 34.9 Å². The summed E-state index contributed by atoms with van der Waals surface area (Å²) >= 11 is 0. The number of nitrogens with one attached hydrogen (secondary N) is 1. The number of piperidine rings is 1. The van der Waals surface area contributed by atoms with E-state index in [4.69, 9.17) is 10.2 Å². The Bertz CT molecular complexity index is 957. The van der Waals surface area contributed by atoms with Crippen molar-refractivity contribution in [3.8, 4) is 0 Å². The van der Waals surface area contributed by atoms with E-state index in [1.807, 2.05) is 12.1 Å². The minimum absolute atomic E-state index is 0.0500. The van der Waals surface area contributed by atoms with Crippen LogP contribution in [0.1, 0.15) is 31.2 Å². The summed E-state index contributed by atoms with van der Waals surface area (Å²) in [4.78, 5) is 42.9. The molecule has 1 saturated heterocycles. The molecule has 0 unspecified atom stereocenters. The van der Waals surface area contributed by atoms with Gasteiger partial charge in [0.2, 0.25) is 11.6 Å². The van der Waals surface area contributed by atoms with Crippen LogP contribution in [0, 0.1) is 16.0 Å². The van der Waals surface area contributed by atoms with E-state index in [1.165, 1.54) is 6.33 Å². The first kappa shape index (κ1) is 21.9. The Morgan fingerprint density at radius 1 is 1.16 bits per heavy atom. The number of nitrogens with zero attached hydrogens (tertiary/aromatic N) is 4. The van der Waals surface area contributed by atoms with Crippen molar-refractivity contribution in [3.63, 3.8) is 0 Å². The standard InChI is InChI=1S/C20H23N5O6/c26-16(27)3-1-2-13-4-6-15(7-5-13)23-18-17(25(30)31)19(22-12-21-18)24-10-8-14(9-11-24)20(28)29/h4-7,12,14H,1-3,8-11H2,(H,26,27)(H,28,29)(H,21,22,23). The van der Waals surface area contributed by atoms with Crippen molar-refractivity contribution in [2.75, 3.05) is 23.3 Å². The minimum Gasteiger partial charge on any atom is -0.481 e. The molecule has 1 aliphatic rings. The molecule has 31 heavy (non-hydrogen) atoms. The van der Waals surface area contributed by atoms with Crippen LogP contribution >= 0.6 is 0 Å². The van der Waals surface area contributed by atoms with E-state index in [1.54, 1.807) is 17.0 Å². The van der Waals surface area contributed by atoms with Gasteiger partial charge in [0, 0.05) is 25.2 Å². The second kappa shape index (κ2) is 9.83. The van der Waals surface area contributed by atoms with E-state index in [2.05, 4.69) is 15.3 Å². The van der Waals surface area contributed by atoms with Gasteiger partial charge in [0.25, 0.3) is 0 Å². The molecule has 164 valence electrons. The molecule has 0 atom stereocenters. The Balaban J connectivity index is 1.74. The first-order valence-electron chi connectivity index (χ1n) is 9.90. The van der Waals surface area contributed by atoms with Gasteiger partial charge in [-0.2, -0.15) is 0 Å². The zero-order valence-corrected chi connectivity index (χ0v) is 16.7. The molecule has 0 radical (unpaired) electrons. The Labute approximate surface area is 177 Å². The lowest BCUT2D eigenvalue weighted by Crippen LogP contribution is -2.37. The summed E-state index contributed by atoms with van der Waals surface area (Å²) in [5.41, 5.74) is 1.30. The van der Waals surface area contributed by atoms with Gasteiger partial charge >= 0.3 is 17.6 Å². The second-order valence-corrected chi connectivity index (χ2v) is 7.32. The fourth-order valence-corrected chi connectivity index (χ4v) is 3.53. The number of aliphatic carboxylic acids is 2. The summed E-state index contributed by atoms with van der Waals surface area (Å²) in [5.74, 6) is -1.93. The van der Waals surface area contributed by atoms with Crippen LogP contribution in [0.15, 0.2) is 30.6 Å². The number of aryl methyl sites for hydroxylation is 1. The highest BCUT2D eigenvalue weighted by atomic mass is 16.6. The van der Waals surface area contributed by atoms with Crippen LogP contribution in [0.5, 0.6) is 0 Å². The second-order valence-electron chi connectivity index (χ2n) is 7.32. The van der Waals surface area contributed by atoms with E-state index in [9.17, 15) is 19.7 Å². The Morgan fingerprint density at radius 3 is 2.42 bits per heavy atom. The molecule has 1 aromatic carbocycles. The zero-order valence-electron chi connectivity index (χ0n) is 16.7. The number of aromatic nitrogens is 2. The van der Waals surface area contributed by atoms with E-state index < -0.39 is 22.8 Å². The van der Waals surface area contributed by atoms with Gasteiger partial charge in [-0.15, -0.1) is 0 Å². The average Bonchev–Trinajstić information content (AvgIpc) is 2.74. The van der Waals surface area contributed by atoms with Gasteiger partial charge < -0.3 is 20.4 Å². The smallest absolute Gasteiger partial charge is 0.353 e. The van der Waals surface area contributed by atoms with Gasteiger partial charge in [0.1, 0.15) is 6.33 Å². The summed E-state index contributed by atoms with van der Waals surface area (Å²) in [5, 5.41) is 32.6.